The van der Waals surface area contributed by atoms with Crippen LogP contribution >= 0.6 is 11.5 Å². The number of carbonyl (C=O) groups excluding carboxylic acids is 1. The highest BCUT2D eigenvalue weighted by Gasteiger charge is 2.29. The summed E-state index contributed by atoms with van der Waals surface area (Å²) in [5.74, 6) is -0.292. The Kier molecular flexibility index (Phi) is 2.89. The first-order valence-corrected chi connectivity index (χ1v) is 6.66. The molecule has 3 rings (SSSR count). The van der Waals surface area contributed by atoms with Crippen LogP contribution in [0.2, 0.25) is 0 Å². The van der Waals surface area contributed by atoms with Crippen LogP contribution in [0.15, 0.2) is 24.3 Å². The summed E-state index contributed by atoms with van der Waals surface area (Å²) in [5.41, 5.74) is 6.44. The Morgan fingerprint density at radius 2 is 2.33 bits per heavy atom. The Bertz CT molecular complexity index is 582. The lowest BCUT2D eigenvalue weighted by Gasteiger charge is -2.34. The van der Waals surface area contributed by atoms with Gasteiger partial charge < -0.3 is 16.0 Å². The first-order valence-electron chi connectivity index (χ1n) is 5.88. The number of nitrogens with one attached hydrogen (secondary N) is 1. The molecule has 0 bridgehead atoms. The summed E-state index contributed by atoms with van der Waals surface area (Å²) >= 11 is 1.43. The van der Waals surface area contributed by atoms with E-state index in [9.17, 15) is 4.79 Å². The van der Waals surface area contributed by atoms with Crippen LogP contribution in [0, 0.1) is 0 Å². The molecule has 1 atom stereocenters. The fourth-order valence-corrected chi connectivity index (χ4v) is 3.22. The second-order valence-electron chi connectivity index (χ2n) is 4.32. The summed E-state index contributed by atoms with van der Waals surface area (Å²) in [6.07, 6.45) is 0. The zero-order chi connectivity index (χ0) is 12.5. The molecule has 6 heteroatoms. The smallest absolute Gasteiger partial charge is 0.241 e. The summed E-state index contributed by atoms with van der Waals surface area (Å²) < 4.78 is 4.42. The van der Waals surface area contributed by atoms with Crippen molar-refractivity contribution in [3.63, 3.8) is 0 Å². The lowest BCUT2D eigenvalue weighted by molar-refractivity contribution is -0.119. The third-order valence-corrected chi connectivity index (χ3v) is 4.11. The zero-order valence-corrected chi connectivity index (χ0v) is 10.6. The second kappa shape index (κ2) is 4.55. The van der Waals surface area contributed by atoms with Crippen LogP contribution in [0.25, 0.3) is 10.9 Å². The SMILES string of the molecule is NC(=O)C1CNCCN1c1snc2ccccc12. The maximum Gasteiger partial charge on any atom is 0.241 e. The number of rotatable bonds is 2. The molecule has 94 valence electrons. The molecule has 2 aromatic rings. The molecule has 1 aliphatic rings. The monoisotopic (exact) mass is 262 g/mol. The molecule has 1 amide bonds. The van der Waals surface area contributed by atoms with Gasteiger partial charge in [0.2, 0.25) is 5.91 Å². The van der Waals surface area contributed by atoms with E-state index in [-0.39, 0.29) is 11.9 Å². The van der Waals surface area contributed by atoms with Crippen molar-refractivity contribution in [2.75, 3.05) is 24.5 Å². The van der Waals surface area contributed by atoms with Gasteiger partial charge >= 0.3 is 0 Å². The van der Waals surface area contributed by atoms with E-state index in [1.807, 2.05) is 24.3 Å². The molecule has 1 unspecified atom stereocenters. The van der Waals surface area contributed by atoms with Crippen molar-refractivity contribution in [1.29, 1.82) is 0 Å². The number of anilines is 1. The van der Waals surface area contributed by atoms with Crippen molar-refractivity contribution in [1.82, 2.24) is 9.69 Å². The average molecular weight is 262 g/mol. The number of amides is 1. The van der Waals surface area contributed by atoms with Crippen LogP contribution in [0.5, 0.6) is 0 Å². The van der Waals surface area contributed by atoms with E-state index < -0.39 is 0 Å². The number of benzene rings is 1. The molecule has 1 fully saturated rings. The van der Waals surface area contributed by atoms with Crippen LogP contribution in [-0.2, 0) is 4.79 Å². The van der Waals surface area contributed by atoms with E-state index in [1.165, 1.54) is 11.5 Å². The van der Waals surface area contributed by atoms with Crippen LogP contribution in [-0.4, -0.2) is 36.0 Å². The van der Waals surface area contributed by atoms with Crippen LogP contribution < -0.4 is 16.0 Å². The summed E-state index contributed by atoms with van der Waals surface area (Å²) in [5, 5.41) is 5.33. The predicted molar refractivity (Wildman–Crippen MR) is 72.8 cm³/mol. The third kappa shape index (κ3) is 1.83. The molecule has 5 nitrogen and oxygen atoms in total. The standard InChI is InChI=1S/C12H14N4OS/c13-11(17)10-7-14-5-6-16(10)12-8-3-1-2-4-9(8)15-18-12/h1-4,10,14H,5-7H2,(H2,13,17). The van der Waals surface area contributed by atoms with Gasteiger partial charge in [-0.2, -0.15) is 4.37 Å². The van der Waals surface area contributed by atoms with E-state index in [0.717, 1.165) is 29.0 Å². The maximum atomic E-state index is 11.5. The normalized spacial score (nSPS) is 20.2. The lowest BCUT2D eigenvalue weighted by atomic mass is 10.1. The second-order valence-corrected chi connectivity index (χ2v) is 5.07. The fraction of sp³-hybridized carbons (Fsp3) is 0.333. The van der Waals surface area contributed by atoms with Crippen molar-refractivity contribution in [3.8, 4) is 0 Å². The minimum Gasteiger partial charge on any atom is -0.368 e. The Labute approximate surface area is 109 Å². The number of hydrogen-bond acceptors (Lipinski definition) is 5. The highest BCUT2D eigenvalue weighted by Crippen LogP contribution is 2.32. The Balaban J connectivity index is 2.04. The molecular weight excluding hydrogens is 248 g/mol. The quantitative estimate of drug-likeness (QED) is 0.829. The van der Waals surface area contributed by atoms with Gasteiger partial charge in [0.25, 0.3) is 0 Å². The summed E-state index contributed by atoms with van der Waals surface area (Å²) in [6.45, 7) is 2.23. The van der Waals surface area contributed by atoms with Gasteiger partial charge in [-0.3, -0.25) is 4.79 Å². The number of nitrogens with two attached hydrogens (primary N) is 1. The number of primary amides is 1. The molecule has 18 heavy (non-hydrogen) atoms. The number of hydrogen-bond donors (Lipinski definition) is 2. The highest BCUT2D eigenvalue weighted by molar-refractivity contribution is 7.11. The summed E-state index contributed by atoms with van der Waals surface area (Å²) in [7, 11) is 0. The first kappa shape index (κ1) is 11.4. The van der Waals surface area contributed by atoms with Crippen molar-refractivity contribution >= 4 is 33.3 Å². The molecule has 0 radical (unpaired) electrons. The van der Waals surface area contributed by atoms with Gasteiger partial charge in [0.05, 0.1) is 5.52 Å². The van der Waals surface area contributed by atoms with Gasteiger partial charge in [-0.1, -0.05) is 12.1 Å². The molecular formula is C12H14N4OS. The topological polar surface area (TPSA) is 71.2 Å². The number of fused-ring (bicyclic) bond motifs is 1. The molecule has 1 saturated heterocycles. The van der Waals surface area contributed by atoms with Crippen molar-refractivity contribution in [2.45, 2.75) is 6.04 Å². The molecule has 3 N–H and O–H groups in total. The van der Waals surface area contributed by atoms with Crippen molar-refractivity contribution in [3.05, 3.63) is 24.3 Å². The van der Waals surface area contributed by atoms with Gasteiger partial charge in [0, 0.05) is 25.0 Å². The van der Waals surface area contributed by atoms with Crippen molar-refractivity contribution < 1.29 is 4.79 Å². The minimum absolute atomic E-state index is 0.289. The summed E-state index contributed by atoms with van der Waals surface area (Å²) in [6, 6.07) is 7.68. The number of carbonyl (C=O) groups is 1. The molecule has 0 saturated carbocycles. The molecule has 0 spiro atoms. The average Bonchev–Trinajstić information content (AvgIpc) is 2.82. The van der Waals surface area contributed by atoms with E-state index in [1.54, 1.807) is 0 Å². The Morgan fingerprint density at radius 1 is 1.50 bits per heavy atom. The first-order chi connectivity index (χ1) is 8.77. The molecule has 2 heterocycles. The van der Waals surface area contributed by atoms with Gasteiger partial charge in [0.15, 0.2) is 0 Å². The minimum atomic E-state index is -0.292. The van der Waals surface area contributed by atoms with Crippen LogP contribution in [0.1, 0.15) is 0 Å². The molecule has 1 aliphatic heterocycles. The van der Waals surface area contributed by atoms with Gasteiger partial charge in [-0.15, -0.1) is 0 Å². The maximum absolute atomic E-state index is 11.5. The molecule has 1 aromatic carbocycles. The number of piperazine rings is 1. The van der Waals surface area contributed by atoms with E-state index in [0.29, 0.717) is 6.54 Å². The number of aromatic nitrogens is 1. The van der Waals surface area contributed by atoms with Crippen LogP contribution in [0.3, 0.4) is 0 Å². The predicted octanol–water partition coefficient (Wildman–Crippen LogP) is 0.560. The largest absolute Gasteiger partial charge is 0.368 e. The Morgan fingerprint density at radius 3 is 3.17 bits per heavy atom. The van der Waals surface area contributed by atoms with Gasteiger partial charge in [-0.25, -0.2) is 0 Å². The van der Waals surface area contributed by atoms with Gasteiger partial charge in [-0.05, 0) is 23.7 Å². The van der Waals surface area contributed by atoms with E-state index in [4.69, 9.17) is 5.73 Å². The van der Waals surface area contributed by atoms with Gasteiger partial charge in [0.1, 0.15) is 11.0 Å². The zero-order valence-electron chi connectivity index (χ0n) is 9.80. The highest BCUT2D eigenvalue weighted by atomic mass is 32.1. The molecule has 0 aliphatic carbocycles. The summed E-state index contributed by atoms with van der Waals surface area (Å²) in [4.78, 5) is 13.6. The fourth-order valence-electron chi connectivity index (χ4n) is 2.28. The van der Waals surface area contributed by atoms with Crippen LogP contribution in [0.4, 0.5) is 5.00 Å². The van der Waals surface area contributed by atoms with Crippen molar-refractivity contribution in [2.24, 2.45) is 5.73 Å². The third-order valence-electron chi connectivity index (χ3n) is 3.20. The van der Waals surface area contributed by atoms with E-state index >= 15 is 0 Å². The lowest BCUT2D eigenvalue weighted by Crippen LogP contribution is -2.57. The molecule has 1 aromatic heterocycles. The Hall–Kier alpha value is -1.66. The number of nitrogens with zero attached hydrogens (tertiary/aromatic N) is 2. The van der Waals surface area contributed by atoms with E-state index in [2.05, 4.69) is 14.6 Å².